The fourth-order valence-corrected chi connectivity index (χ4v) is 1.64. The molecule has 0 aliphatic rings. The van der Waals surface area contributed by atoms with Gasteiger partial charge >= 0.3 is 0 Å². The normalized spacial score (nSPS) is 10.8. The van der Waals surface area contributed by atoms with E-state index in [-0.39, 0.29) is 11.4 Å². The molecule has 1 heterocycles. The van der Waals surface area contributed by atoms with Crippen molar-refractivity contribution in [1.29, 1.82) is 0 Å². The lowest BCUT2D eigenvalue weighted by Gasteiger charge is -2.04. The van der Waals surface area contributed by atoms with Crippen LogP contribution in [0.3, 0.4) is 0 Å². The molecule has 0 amide bonds. The lowest BCUT2D eigenvalue weighted by atomic mass is 10.0. The Balaban J connectivity index is 2.54. The average Bonchev–Trinajstić information content (AvgIpc) is 2.67. The minimum absolute atomic E-state index is 0.253. The van der Waals surface area contributed by atoms with Crippen molar-refractivity contribution in [2.24, 2.45) is 7.05 Å². The van der Waals surface area contributed by atoms with Crippen molar-refractivity contribution in [3.63, 3.8) is 0 Å². The van der Waals surface area contributed by atoms with E-state index in [2.05, 4.69) is 5.10 Å². The van der Waals surface area contributed by atoms with E-state index >= 15 is 0 Å². The Morgan fingerprint density at radius 2 is 2.00 bits per heavy atom. The molecule has 0 N–H and O–H groups in total. The molecule has 0 aliphatic carbocycles. The largest absolute Gasteiger partial charge is 0.275 e. The van der Waals surface area contributed by atoms with Crippen molar-refractivity contribution in [3.8, 4) is 11.1 Å². The monoisotopic (exact) mass is 222 g/mol. The maximum atomic E-state index is 13.7. The molecule has 0 saturated heterocycles. The van der Waals surface area contributed by atoms with Gasteiger partial charge < -0.3 is 0 Å². The molecule has 0 saturated carbocycles. The van der Waals surface area contributed by atoms with Gasteiger partial charge in [0.05, 0.1) is 6.20 Å². The molecule has 2 rings (SSSR count). The van der Waals surface area contributed by atoms with Gasteiger partial charge in [-0.05, 0) is 24.1 Å². The number of hydrogen-bond donors (Lipinski definition) is 0. The molecule has 4 heteroatoms. The second-order valence-corrected chi connectivity index (χ2v) is 3.68. The van der Waals surface area contributed by atoms with Crippen molar-refractivity contribution in [1.82, 2.24) is 9.78 Å². The maximum Gasteiger partial charge on any atom is 0.131 e. The molecule has 1 aromatic carbocycles. The molecule has 16 heavy (non-hydrogen) atoms. The van der Waals surface area contributed by atoms with E-state index < -0.39 is 5.82 Å². The summed E-state index contributed by atoms with van der Waals surface area (Å²) < 4.78 is 28.8. The van der Waals surface area contributed by atoms with Gasteiger partial charge in [0.1, 0.15) is 11.6 Å². The van der Waals surface area contributed by atoms with Gasteiger partial charge in [0.25, 0.3) is 0 Å². The van der Waals surface area contributed by atoms with Crippen molar-refractivity contribution < 1.29 is 8.78 Å². The molecule has 1 aromatic heterocycles. The molecule has 0 fully saturated rings. The standard InChI is InChI=1S/C12H12F2N2/c1-3-8-4-12(14)10(5-11(8)13)9-6-15-16(2)7-9/h4-7H,3H2,1-2H3. The Labute approximate surface area is 92.5 Å². The van der Waals surface area contributed by atoms with Crippen LogP contribution in [0.2, 0.25) is 0 Å². The number of rotatable bonds is 2. The predicted molar refractivity (Wildman–Crippen MR) is 57.9 cm³/mol. The Kier molecular flexibility index (Phi) is 2.73. The first-order valence-electron chi connectivity index (χ1n) is 5.08. The van der Waals surface area contributed by atoms with Gasteiger partial charge in [-0.2, -0.15) is 5.10 Å². The van der Waals surface area contributed by atoms with Crippen molar-refractivity contribution in [2.45, 2.75) is 13.3 Å². The van der Waals surface area contributed by atoms with Crippen LogP contribution in [0.5, 0.6) is 0 Å². The van der Waals surface area contributed by atoms with Gasteiger partial charge in [0.15, 0.2) is 0 Å². The first-order valence-corrected chi connectivity index (χ1v) is 5.08. The van der Waals surface area contributed by atoms with Gasteiger partial charge in [0.2, 0.25) is 0 Å². The van der Waals surface area contributed by atoms with Gasteiger partial charge in [-0.15, -0.1) is 0 Å². The highest BCUT2D eigenvalue weighted by atomic mass is 19.1. The minimum atomic E-state index is -0.411. The van der Waals surface area contributed by atoms with Crippen LogP contribution in [-0.2, 0) is 13.5 Å². The fraction of sp³-hybridized carbons (Fsp3) is 0.250. The van der Waals surface area contributed by atoms with Crippen molar-refractivity contribution in [3.05, 3.63) is 41.7 Å². The summed E-state index contributed by atoms with van der Waals surface area (Å²) in [6.07, 6.45) is 3.66. The topological polar surface area (TPSA) is 17.8 Å². The quantitative estimate of drug-likeness (QED) is 0.763. The Hall–Kier alpha value is -1.71. The molecule has 0 spiro atoms. The number of aromatic nitrogens is 2. The number of halogens is 2. The van der Waals surface area contributed by atoms with E-state index in [0.29, 0.717) is 17.5 Å². The molecule has 0 aliphatic heterocycles. The second-order valence-electron chi connectivity index (χ2n) is 3.68. The molecule has 2 aromatic rings. The number of aryl methyl sites for hydroxylation is 2. The molecular weight excluding hydrogens is 210 g/mol. The van der Waals surface area contributed by atoms with Gasteiger partial charge in [0, 0.05) is 24.4 Å². The number of nitrogens with zero attached hydrogens (tertiary/aromatic N) is 2. The first-order chi connectivity index (χ1) is 7.61. The summed E-state index contributed by atoms with van der Waals surface area (Å²) in [7, 11) is 1.73. The van der Waals surface area contributed by atoms with Crippen LogP contribution in [0.1, 0.15) is 12.5 Å². The van der Waals surface area contributed by atoms with Crippen LogP contribution in [0.25, 0.3) is 11.1 Å². The summed E-state index contributed by atoms with van der Waals surface area (Å²) in [5.74, 6) is -0.783. The minimum Gasteiger partial charge on any atom is -0.275 e. The Bertz CT molecular complexity index is 518. The van der Waals surface area contributed by atoms with E-state index in [1.54, 1.807) is 24.9 Å². The van der Waals surface area contributed by atoms with Gasteiger partial charge in [-0.25, -0.2) is 8.78 Å². The van der Waals surface area contributed by atoms with E-state index in [1.165, 1.54) is 18.3 Å². The van der Waals surface area contributed by atoms with E-state index in [4.69, 9.17) is 0 Å². The molecule has 0 bridgehead atoms. The molecule has 0 atom stereocenters. The number of hydrogen-bond acceptors (Lipinski definition) is 1. The van der Waals surface area contributed by atoms with Crippen LogP contribution in [0.4, 0.5) is 8.78 Å². The Morgan fingerprint density at radius 1 is 1.25 bits per heavy atom. The second kappa shape index (κ2) is 4.04. The summed E-state index contributed by atoms with van der Waals surface area (Å²) >= 11 is 0. The van der Waals surface area contributed by atoms with Gasteiger partial charge in [-0.1, -0.05) is 6.92 Å². The zero-order valence-electron chi connectivity index (χ0n) is 9.17. The highest BCUT2D eigenvalue weighted by Gasteiger charge is 2.11. The molecule has 2 nitrogen and oxygen atoms in total. The molecule has 0 unspecified atom stereocenters. The zero-order chi connectivity index (χ0) is 11.7. The van der Waals surface area contributed by atoms with Gasteiger partial charge in [-0.3, -0.25) is 4.68 Å². The smallest absolute Gasteiger partial charge is 0.131 e. The lowest BCUT2D eigenvalue weighted by Crippen LogP contribution is -1.93. The summed E-state index contributed by atoms with van der Waals surface area (Å²) in [6, 6.07) is 2.48. The third kappa shape index (κ3) is 1.83. The zero-order valence-corrected chi connectivity index (χ0v) is 9.17. The maximum absolute atomic E-state index is 13.7. The third-order valence-corrected chi connectivity index (χ3v) is 2.53. The van der Waals surface area contributed by atoms with E-state index in [9.17, 15) is 8.78 Å². The molecular formula is C12H12F2N2. The summed E-state index contributed by atoms with van der Waals surface area (Å²) in [6.45, 7) is 1.79. The molecule has 84 valence electrons. The lowest BCUT2D eigenvalue weighted by molar-refractivity contribution is 0.589. The summed E-state index contributed by atoms with van der Waals surface area (Å²) in [5.41, 5.74) is 1.23. The SMILES string of the molecule is CCc1cc(F)c(-c2cnn(C)c2)cc1F. The summed E-state index contributed by atoms with van der Waals surface area (Å²) in [4.78, 5) is 0. The van der Waals surface area contributed by atoms with Crippen molar-refractivity contribution in [2.75, 3.05) is 0 Å². The Morgan fingerprint density at radius 3 is 2.56 bits per heavy atom. The predicted octanol–water partition coefficient (Wildman–Crippen LogP) is 2.93. The van der Waals surface area contributed by atoms with E-state index in [0.717, 1.165) is 0 Å². The number of benzene rings is 1. The fourth-order valence-electron chi connectivity index (χ4n) is 1.64. The van der Waals surface area contributed by atoms with Crippen molar-refractivity contribution >= 4 is 0 Å². The van der Waals surface area contributed by atoms with Crippen LogP contribution in [0, 0.1) is 11.6 Å². The third-order valence-electron chi connectivity index (χ3n) is 2.53. The van der Waals surface area contributed by atoms with Crippen LogP contribution in [0.15, 0.2) is 24.5 Å². The average molecular weight is 222 g/mol. The first kappa shape index (κ1) is 10.8. The highest BCUT2D eigenvalue weighted by molar-refractivity contribution is 5.63. The highest BCUT2D eigenvalue weighted by Crippen LogP contribution is 2.25. The van der Waals surface area contributed by atoms with Crippen LogP contribution < -0.4 is 0 Å². The van der Waals surface area contributed by atoms with Crippen LogP contribution >= 0.6 is 0 Å². The van der Waals surface area contributed by atoms with Crippen LogP contribution in [-0.4, -0.2) is 9.78 Å². The molecule has 0 radical (unpaired) electrons. The van der Waals surface area contributed by atoms with E-state index in [1.807, 2.05) is 0 Å². The summed E-state index contributed by atoms with van der Waals surface area (Å²) in [5, 5.41) is 3.93.